The van der Waals surface area contributed by atoms with E-state index in [2.05, 4.69) is 11.9 Å². The zero-order valence-corrected chi connectivity index (χ0v) is 14.1. The van der Waals surface area contributed by atoms with Crippen molar-refractivity contribution < 1.29 is 14.0 Å². The highest BCUT2D eigenvalue weighted by atomic mass is 19.1. The lowest BCUT2D eigenvalue weighted by atomic mass is 10.0. The Morgan fingerprint density at radius 2 is 1.80 bits per heavy atom. The maximum Gasteiger partial charge on any atom is 0.247 e. The summed E-state index contributed by atoms with van der Waals surface area (Å²) < 4.78 is 13.1. The van der Waals surface area contributed by atoms with E-state index in [4.69, 9.17) is 0 Å². The molecule has 5 heteroatoms. The summed E-state index contributed by atoms with van der Waals surface area (Å²) in [5.41, 5.74) is 1.45. The van der Waals surface area contributed by atoms with Crippen LogP contribution >= 0.6 is 0 Å². The molecule has 0 aliphatic heterocycles. The second-order valence-corrected chi connectivity index (χ2v) is 5.62. The van der Waals surface area contributed by atoms with Gasteiger partial charge < -0.3 is 10.2 Å². The van der Waals surface area contributed by atoms with Crippen LogP contribution in [0.1, 0.15) is 24.1 Å². The van der Waals surface area contributed by atoms with Crippen LogP contribution in [0.5, 0.6) is 0 Å². The molecule has 130 valence electrons. The van der Waals surface area contributed by atoms with Crippen molar-refractivity contribution in [2.24, 2.45) is 0 Å². The van der Waals surface area contributed by atoms with Gasteiger partial charge in [0.25, 0.3) is 0 Å². The van der Waals surface area contributed by atoms with Crippen molar-refractivity contribution >= 4 is 11.8 Å². The molecule has 0 spiro atoms. The molecule has 4 nitrogen and oxygen atoms in total. The highest BCUT2D eigenvalue weighted by Crippen LogP contribution is 2.23. The first kappa shape index (κ1) is 18.4. The molecule has 1 atom stereocenters. The summed E-state index contributed by atoms with van der Waals surface area (Å²) in [6.45, 7) is 5.52. The molecule has 2 rings (SSSR count). The van der Waals surface area contributed by atoms with Crippen LogP contribution < -0.4 is 5.32 Å². The third-order valence-electron chi connectivity index (χ3n) is 3.77. The summed E-state index contributed by atoms with van der Waals surface area (Å²) in [5.74, 6) is -0.878. The minimum atomic E-state index is -0.774. The van der Waals surface area contributed by atoms with Gasteiger partial charge in [0.05, 0.1) is 0 Å². The van der Waals surface area contributed by atoms with Crippen molar-refractivity contribution in [3.8, 4) is 0 Å². The molecule has 2 amide bonds. The smallest absolute Gasteiger partial charge is 0.247 e. The molecular formula is C20H21FN2O2. The minimum absolute atomic E-state index is 0.205. The summed E-state index contributed by atoms with van der Waals surface area (Å²) in [6.07, 6.45) is 1.58. The topological polar surface area (TPSA) is 49.4 Å². The van der Waals surface area contributed by atoms with E-state index in [-0.39, 0.29) is 24.2 Å². The number of hydrogen-bond donors (Lipinski definition) is 1. The van der Waals surface area contributed by atoms with Crippen LogP contribution in [0.15, 0.2) is 67.3 Å². The Hall–Kier alpha value is -2.95. The lowest BCUT2D eigenvalue weighted by molar-refractivity contribution is -0.139. The monoisotopic (exact) mass is 340 g/mol. The molecule has 0 bridgehead atoms. The molecule has 2 aromatic rings. The lowest BCUT2D eigenvalue weighted by Gasteiger charge is -2.30. The molecule has 0 fully saturated rings. The van der Waals surface area contributed by atoms with E-state index in [0.29, 0.717) is 12.1 Å². The van der Waals surface area contributed by atoms with Crippen LogP contribution in [0, 0.1) is 5.82 Å². The number of amides is 2. The van der Waals surface area contributed by atoms with Crippen LogP contribution in [0.25, 0.3) is 0 Å². The number of benzene rings is 2. The molecule has 0 heterocycles. The Labute approximate surface area is 147 Å². The highest BCUT2D eigenvalue weighted by Gasteiger charge is 2.29. The van der Waals surface area contributed by atoms with Gasteiger partial charge in [-0.3, -0.25) is 9.59 Å². The van der Waals surface area contributed by atoms with E-state index in [9.17, 15) is 14.0 Å². The van der Waals surface area contributed by atoms with Gasteiger partial charge in [0.1, 0.15) is 11.9 Å². The van der Waals surface area contributed by atoms with Crippen molar-refractivity contribution in [3.63, 3.8) is 0 Å². The van der Waals surface area contributed by atoms with E-state index in [1.54, 1.807) is 30.3 Å². The fourth-order valence-corrected chi connectivity index (χ4v) is 2.55. The van der Waals surface area contributed by atoms with E-state index in [0.717, 1.165) is 5.56 Å². The van der Waals surface area contributed by atoms with Gasteiger partial charge in [0.2, 0.25) is 11.8 Å². The fourth-order valence-electron chi connectivity index (χ4n) is 2.55. The van der Waals surface area contributed by atoms with Gasteiger partial charge >= 0.3 is 0 Å². The Bertz CT molecular complexity index is 729. The highest BCUT2D eigenvalue weighted by molar-refractivity contribution is 5.88. The molecule has 1 unspecified atom stereocenters. The average molecular weight is 340 g/mol. The SMILES string of the molecule is C=CCNC(=O)C(c1ccccc1)N(Cc1ccc(F)cc1)C(C)=O. The Morgan fingerprint density at radius 1 is 1.16 bits per heavy atom. The maximum atomic E-state index is 13.1. The lowest BCUT2D eigenvalue weighted by Crippen LogP contribution is -2.42. The average Bonchev–Trinajstić information content (AvgIpc) is 2.62. The molecule has 25 heavy (non-hydrogen) atoms. The van der Waals surface area contributed by atoms with Gasteiger partial charge in [-0.25, -0.2) is 4.39 Å². The molecule has 0 aromatic heterocycles. The normalized spacial score (nSPS) is 11.4. The van der Waals surface area contributed by atoms with Crippen LogP contribution in [-0.4, -0.2) is 23.3 Å². The quantitative estimate of drug-likeness (QED) is 0.787. The minimum Gasteiger partial charge on any atom is -0.351 e. The van der Waals surface area contributed by atoms with Gasteiger partial charge in [0, 0.05) is 20.0 Å². The van der Waals surface area contributed by atoms with E-state index >= 15 is 0 Å². The summed E-state index contributed by atoms with van der Waals surface area (Å²) in [4.78, 5) is 26.4. The third-order valence-corrected chi connectivity index (χ3v) is 3.77. The molecule has 0 saturated heterocycles. The van der Waals surface area contributed by atoms with Crippen molar-refractivity contribution in [2.75, 3.05) is 6.54 Å². The Kier molecular flexibility index (Phi) is 6.46. The van der Waals surface area contributed by atoms with E-state index in [1.165, 1.54) is 24.0 Å². The first-order chi connectivity index (χ1) is 12.0. The fraction of sp³-hybridized carbons (Fsp3) is 0.200. The zero-order chi connectivity index (χ0) is 18.2. The predicted octanol–water partition coefficient (Wildman–Crippen LogP) is 3.22. The zero-order valence-electron chi connectivity index (χ0n) is 14.1. The Morgan fingerprint density at radius 3 is 2.36 bits per heavy atom. The van der Waals surface area contributed by atoms with E-state index in [1.807, 2.05) is 18.2 Å². The van der Waals surface area contributed by atoms with Crippen LogP contribution in [-0.2, 0) is 16.1 Å². The number of carbonyl (C=O) groups excluding carboxylic acids is 2. The maximum absolute atomic E-state index is 13.1. The first-order valence-corrected chi connectivity index (χ1v) is 7.98. The number of halogens is 1. The molecule has 0 saturated carbocycles. The molecular weight excluding hydrogens is 319 g/mol. The molecule has 0 aliphatic carbocycles. The Balaban J connectivity index is 2.35. The predicted molar refractivity (Wildman–Crippen MR) is 95.0 cm³/mol. The second kappa shape index (κ2) is 8.78. The van der Waals surface area contributed by atoms with Gasteiger partial charge in [-0.2, -0.15) is 0 Å². The van der Waals surface area contributed by atoms with Crippen molar-refractivity contribution in [3.05, 3.63) is 84.2 Å². The third kappa shape index (κ3) is 5.01. The van der Waals surface area contributed by atoms with E-state index < -0.39 is 6.04 Å². The van der Waals surface area contributed by atoms with Gasteiger partial charge in [0.15, 0.2) is 0 Å². The number of hydrogen-bond acceptors (Lipinski definition) is 2. The summed E-state index contributed by atoms with van der Waals surface area (Å²) >= 11 is 0. The van der Waals surface area contributed by atoms with Crippen molar-refractivity contribution in [1.29, 1.82) is 0 Å². The number of rotatable bonds is 7. The number of nitrogens with zero attached hydrogens (tertiary/aromatic N) is 1. The van der Waals surface area contributed by atoms with Gasteiger partial charge in [-0.05, 0) is 23.3 Å². The standard InChI is InChI=1S/C20H21FN2O2/c1-3-13-22-20(25)19(17-7-5-4-6-8-17)23(15(2)24)14-16-9-11-18(21)12-10-16/h3-12,19H,1,13-14H2,2H3,(H,22,25). The summed E-state index contributed by atoms with van der Waals surface area (Å²) in [7, 11) is 0. The summed E-state index contributed by atoms with van der Waals surface area (Å²) in [6, 6.07) is 14.2. The van der Waals surface area contributed by atoms with Crippen LogP contribution in [0.4, 0.5) is 4.39 Å². The largest absolute Gasteiger partial charge is 0.351 e. The number of carbonyl (C=O) groups is 2. The van der Waals surface area contributed by atoms with Crippen molar-refractivity contribution in [1.82, 2.24) is 10.2 Å². The summed E-state index contributed by atoms with van der Waals surface area (Å²) in [5, 5.41) is 2.75. The molecule has 1 N–H and O–H groups in total. The second-order valence-electron chi connectivity index (χ2n) is 5.62. The molecule has 0 aliphatic rings. The molecule has 0 radical (unpaired) electrons. The number of nitrogens with one attached hydrogen (secondary N) is 1. The van der Waals surface area contributed by atoms with Gasteiger partial charge in [-0.1, -0.05) is 48.5 Å². The van der Waals surface area contributed by atoms with Crippen LogP contribution in [0.2, 0.25) is 0 Å². The van der Waals surface area contributed by atoms with Crippen LogP contribution in [0.3, 0.4) is 0 Å². The van der Waals surface area contributed by atoms with Gasteiger partial charge in [-0.15, -0.1) is 6.58 Å². The van der Waals surface area contributed by atoms with Crippen molar-refractivity contribution in [2.45, 2.75) is 19.5 Å². The first-order valence-electron chi connectivity index (χ1n) is 7.98. The molecule has 2 aromatic carbocycles.